The van der Waals surface area contributed by atoms with Gasteiger partial charge >= 0.3 is 0 Å². The molecule has 2 aromatic rings. The zero-order chi connectivity index (χ0) is 10.4. The van der Waals surface area contributed by atoms with Gasteiger partial charge in [0.25, 0.3) is 0 Å². The quantitative estimate of drug-likeness (QED) is 0.425. The average Bonchev–Trinajstić information content (AvgIpc) is 2.63. The summed E-state index contributed by atoms with van der Waals surface area (Å²) in [4.78, 5) is 0. The van der Waals surface area contributed by atoms with Gasteiger partial charge in [0.1, 0.15) is 7.02 Å². The molecule has 1 heterocycles. The smallest absolute Gasteiger partial charge is 0.0918 e. The van der Waals surface area contributed by atoms with Crippen molar-refractivity contribution in [3.05, 3.63) is 51.2 Å². The third-order valence-electron chi connectivity index (χ3n) is 2.87. The van der Waals surface area contributed by atoms with E-state index in [-0.39, 0.29) is 0 Å². The minimum absolute atomic E-state index is 0.674. The van der Waals surface area contributed by atoms with Crippen LogP contribution in [-0.2, 0) is 6.42 Å². The number of fused-ring (bicyclic) bond motifs is 3. The number of halogens is 2. The average molecular weight is 340 g/mol. The summed E-state index contributed by atoms with van der Waals surface area (Å²) in [5, 5.41) is 1.58. The molecule has 0 bridgehead atoms. The molecule has 3 rings (SSSR count). The SMILES string of the molecule is Brc1ccc2c([si]1Br)Cc1ccccc1-2. The van der Waals surface area contributed by atoms with Gasteiger partial charge in [0.05, 0.1) is 0 Å². The van der Waals surface area contributed by atoms with Crippen molar-refractivity contribution in [1.29, 1.82) is 0 Å². The van der Waals surface area contributed by atoms with Crippen LogP contribution in [0.1, 0.15) is 10.7 Å². The number of rotatable bonds is 0. The first-order valence-electron chi connectivity index (χ1n) is 4.82. The van der Waals surface area contributed by atoms with E-state index in [4.69, 9.17) is 0 Å². The van der Waals surface area contributed by atoms with Crippen LogP contribution in [0.2, 0.25) is 0 Å². The van der Waals surface area contributed by atoms with Gasteiger partial charge in [0, 0.05) is 4.08 Å². The Hall–Kier alpha value is -0.253. The molecule has 0 fully saturated rings. The van der Waals surface area contributed by atoms with Crippen molar-refractivity contribution in [2.75, 3.05) is 0 Å². The van der Waals surface area contributed by atoms with Gasteiger partial charge < -0.3 is 0 Å². The maximum Gasteiger partial charge on any atom is 0.140 e. The van der Waals surface area contributed by atoms with E-state index in [2.05, 4.69) is 67.6 Å². The van der Waals surface area contributed by atoms with Crippen molar-refractivity contribution in [1.82, 2.24) is 0 Å². The first-order chi connectivity index (χ1) is 7.27. The van der Waals surface area contributed by atoms with E-state index in [0.717, 1.165) is 6.42 Å². The summed E-state index contributed by atoms with van der Waals surface area (Å²) < 4.78 is 1.32. The molecule has 1 aromatic heterocycles. The summed E-state index contributed by atoms with van der Waals surface area (Å²) in [5.41, 5.74) is 4.33. The van der Waals surface area contributed by atoms with E-state index in [1.165, 1.54) is 20.8 Å². The highest BCUT2D eigenvalue weighted by molar-refractivity contribution is 9.25. The normalized spacial score (nSPS) is 12.4. The highest BCUT2D eigenvalue weighted by Gasteiger charge is 2.21. The molecule has 0 radical (unpaired) electrons. The Balaban J connectivity index is 2.31. The summed E-state index contributed by atoms with van der Waals surface area (Å²) in [6, 6.07) is 13.1. The Morgan fingerprint density at radius 1 is 1.00 bits per heavy atom. The number of hydrogen-bond donors (Lipinski definition) is 0. The van der Waals surface area contributed by atoms with Crippen LogP contribution in [0.5, 0.6) is 0 Å². The van der Waals surface area contributed by atoms with E-state index in [1.807, 2.05) is 0 Å². The summed E-state index contributed by atoms with van der Waals surface area (Å²) >= 11 is 7.46. The maximum absolute atomic E-state index is 3.83. The summed E-state index contributed by atoms with van der Waals surface area (Å²) in [6.07, 6.45) is 1.12. The Morgan fingerprint density at radius 3 is 2.67 bits per heavy atom. The largest absolute Gasteiger partial charge is 0.140 e. The van der Waals surface area contributed by atoms with Crippen molar-refractivity contribution in [3.8, 4) is 11.1 Å². The van der Waals surface area contributed by atoms with Crippen LogP contribution in [-0.4, -0.2) is 7.02 Å². The van der Waals surface area contributed by atoms with Crippen molar-refractivity contribution >= 4 is 38.2 Å². The Bertz CT molecular complexity index is 549. The number of hydrogen-bond acceptors (Lipinski definition) is 0. The molecule has 0 saturated carbocycles. The first-order valence-corrected chi connectivity index (χ1v) is 9.37. The van der Waals surface area contributed by atoms with Gasteiger partial charge in [-0.2, -0.15) is 0 Å². The summed E-state index contributed by atoms with van der Waals surface area (Å²) in [7, 11) is -0.674. The molecule has 15 heavy (non-hydrogen) atoms. The van der Waals surface area contributed by atoms with E-state index >= 15 is 0 Å². The molecule has 74 valence electrons. The molecule has 0 saturated heterocycles. The highest BCUT2D eigenvalue weighted by Crippen LogP contribution is 2.37. The first kappa shape index (κ1) is 9.94. The lowest BCUT2D eigenvalue weighted by Crippen LogP contribution is -1.96. The standard InChI is InChI=1S/C12H8Br2Si/c13-12-6-5-10-9-4-2-1-3-8(9)7-11(10)15(12)14/h1-6H,7H2. The van der Waals surface area contributed by atoms with Gasteiger partial charge in [-0.1, -0.05) is 67.6 Å². The molecular formula is C12H8Br2Si. The molecule has 0 N–H and O–H groups in total. The topological polar surface area (TPSA) is 0 Å². The van der Waals surface area contributed by atoms with Gasteiger partial charge in [0.2, 0.25) is 0 Å². The van der Waals surface area contributed by atoms with Crippen molar-refractivity contribution < 1.29 is 0 Å². The second kappa shape index (κ2) is 3.65. The van der Waals surface area contributed by atoms with Crippen molar-refractivity contribution in [2.45, 2.75) is 6.42 Å². The fourth-order valence-electron chi connectivity index (χ4n) is 2.15. The Labute approximate surface area is 107 Å². The predicted octanol–water partition coefficient (Wildman–Crippen LogP) is 4.20. The van der Waals surface area contributed by atoms with Crippen LogP contribution in [0, 0.1) is 0 Å². The molecule has 0 atom stereocenters. The second-order valence-electron chi connectivity index (χ2n) is 3.72. The molecule has 1 aliphatic carbocycles. The van der Waals surface area contributed by atoms with Crippen LogP contribution in [0.3, 0.4) is 0 Å². The predicted molar refractivity (Wildman–Crippen MR) is 72.7 cm³/mol. The van der Waals surface area contributed by atoms with Gasteiger partial charge in [-0.25, -0.2) is 0 Å². The van der Waals surface area contributed by atoms with Gasteiger partial charge in [-0.15, -0.1) is 0 Å². The van der Waals surface area contributed by atoms with Crippen LogP contribution in [0.4, 0.5) is 0 Å². The zero-order valence-corrected chi connectivity index (χ0v) is 12.1. The van der Waals surface area contributed by atoms with Crippen LogP contribution in [0.25, 0.3) is 11.1 Å². The van der Waals surface area contributed by atoms with Crippen LogP contribution in [0.15, 0.2) is 40.5 Å². The van der Waals surface area contributed by atoms with Crippen LogP contribution < -0.4 is 0 Å². The summed E-state index contributed by atoms with van der Waals surface area (Å²) in [6.45, 7) is 0. The lowest BCUT2D eigenvalue weighted by atomic mass is 10.1. The summed E-state index contributed by atoms with van der Waals surface area (Å²) in [5.74, 6) is 0. The molecule has 0 nitrogen and oxygen atoms in total. The van der Waals surface area contributed by atoms with E-state index in [1.54, 1.807) is 5.17 Å². The van der Waals surface area contributed by atoms with Crippen molar-refractivity contribution in [2.24, 2.45) is 0 Å². The highest BCUT2D eigenvalue weighted by atomic mass is 79.9. The zero-order valence-electron chi connectivity index (χ0n) is 7.93. The van der Waals surface area contributed by atoms with Gasteiger partial charge in [0.15, 0.2) is 0 Å². The lowest BCUT2D eigenvalue weighted by Gasteiger charge is -2.03. The fraction of sp³-hybridized carbons (Fsp3) is 0.0833. The Morgan fingerprint density at radius 2 is 1.80 bits per heavy atom. The monoisotopic (exact) mass is 338 g/mol. The minimum Gasteiger partial charge on any atom is -0.0918 e. The van der Waals surface area contributed by atoms with E-state index in [0.29, 0.717) is 0 Å². The van der Waals surface area contributed by atoms with Crippen LogP contribution >= 0.6 is 31.2 Å². The van der Waals surface area contributed by atoms with E-state index < -0.39 is 7.02 Å². The molecule has 0 spiro atoms. The van der Waals surface area contributed by atoms with Crippen molar-refractivity contribution in [3.63, 3.8) is 0 Å². The maximum atomic E-state index is 3.83. The third kappa shape index (κ3) is 1.48. The minimum atomic E-state index is -0.674. The lowest BCUT2D eigenvalue weighted by molar-refractivity contribution is 1.30. The van der Waals surface area contributed by atoms with Gasteiger partial charge in [-0.05, 0) is 28.3 Å². The molecule has 1 aliphatic rings. The van der Waals surface area contributed by atoms with Gasteiger partial charge in [-0.3, -0.25) is 0 Å². The molecular weight excluding hydrogens is 332 g/mol. The third-order valence-corrected chi connectivity index (χ3v) is 10.2. The molecule has 0 aliphatic heterocycles. The molecule has 1 aromatic carbocycles. The second-order valence-corrected chi connectivity index (χ2v) is 9.46. The fourth-order valence-corrected chi connectivity index (χ4v) is 5.77. The number of benzene rings is 1. The molecule has 3 heteroatoms. The Kier molecular flexibility index (Phi) is 2.42. The van der Waals surface area contributed by atoms with E-state index in [9.17, 15) is 0 Å². The molecule has 0 unspecified atom stereocenters. The molecule has 0 amide bonds.